The van der Waals surface area contributed by atoms with Crippen LogP contribution in [0.5, 0.6) is 23.3 Å². The van der Waals surface area contributed by atoms with Gasteiger partial charge in [0.2, 0.25) is 11.8 Å². The Hall–Kier alpha value is -5.71. The fourth-order valence-corrected chi connectivity index (χ4v) is 5.24. The zero-order valence-corrected chi connectivity index (χ0v) is 23.7. The minimum atomic E-state index is -0.274. The highest BCUT2D eigenvalue weighted by atomic mass is 16.6. The molecule has 0 saturated carbocycles. The molecular weight excluding hydrogens is 546 g/mol. The second-order valence-electron chi connectivity index (χ2n) is 9.90. The van der Waals surface area contributed by atoms with Crippen LogP contribution in [-0.4, -0.2) is 49.8 Å². The molecule has 1 aliphatic heterocycles. The molecular formula is C32H27N7O4. The lowest BCUT2D eigenvalue weighted by Crippen LogP contribution is -2.16. The van der Waals surface area contributed by atoms with Crippen LogP contribution >= 0.6 is 0 Å². The lowest BCUT2D eigenvalue weighted by Gasteiger charge is -2.26. The maximum atomic E-state index is 6.48. The zero-order valence-electron chi connectivity index (χ0n) is 23.7. The number of rotatable bonds is 8. The Kier molecular flexibility index (Phi) is 6.66. The fourth-order valence-electron chi connectivity index (χ4n) is 5.24. The molecule has 0 amide bonds. The third-order valence-electron chi connectivity index (χ3n) is 7.30. The second-order valence-corrected chi connectivity index (χ2v) is 9.90. The predicted octanol–water partition coefficient (Wildman–Crippen LogP) is 5.47. The molecule has 4 heterocycles. The average Bonchev–Trinajstić information content (AvgIpc) is 3.63. The minimum absolute atomic E-state index is 0.0768. The molecule has 43 heavy (non-hydrogen) atoms. The van der Waals surface area contributed by atoms with E-state index in [1.807, 2.05) is 90.5 Å². The van der Waals surface area contributed by atoms with Crippen LogP contribution in [0.25, 0.3) is 11.3 Å². The van der Waals surface area contributed by atoms with Crippen LogP contribution in [0.4, 0.5) is 0 Å². The number of benzene rings is 3. The van der Waals surface area contributed by atoms with Crippen molar-refractivity contribution < 1.29 is 19.0 Å². The van der Waals surface area contributed by atoms with Gasteiger partial charge in [0.25, 0.3) is 0 Å². The lowest BCUT2D eigenvalue weighted by atomic mass is 9.84. The van der Waals surface area contributed by atoms with Crippen molar-refractivity contribution in [3.63, 3.8) is 0 Å². The molecule has 11 nitrogen and oxygen atoms in total. The largest absolute Gasteiger partial charge is 0.497 e. The van der Waals surface area contributed by atoms with Gasteiger partial charge in [-0.25, -0.2) is 19.2 Å². The van der Waals surface area contributed by atoms with Crippen LogP contribution in [0.1, 0.15) is 39.7 Å². The van der Waals surface area contributed by atoms with Gasteiger partial charge in [-0.1, -0.05) is 35.5 Å². The summed E-state index contributed by atoms with van der Waals surface area (Å²) in [5.41, 5.74) is 5.95. The third-order valence-corrected chi connectivity index (χ3v) is 7.30. The van der Waals surface area contributed by atoms with Crippen molar-refractivity contribution in [2.75, 3.05) is 14.2 Å². The van der Waals surface area contributed by atoms with Gasteiger partial charge in [-0.2, -0.15) is 5.10 Å². The second kappa shape index (κ2) is 10.9. The summed E-state index contributed by atoms with van der Waals surface area (Å²) in [7, 11) is 3.28. The number of methoxy groups -OCH3 is 2. The Morgan fingerprint density at radius 1 is 0.884 bits per heavy atom. The van der Waals surface area contributed by atoms with E-state index in [0.717, 1.165) is 45.1 Å². The van der Waals surface area contributed by atoms with Crippen LogP contribution < -0.4 is 14.2 Å². The molecule has 0 radical (unpaired) electrons. The molecule has 0 spiro atoms. The summed E-state index contributed by atoms with van der Waals surface area (Å²) in [4.78, 5) is 15.0. The van der Waals surface area contributed by atoms with Gasteiger partial charge in [-0.15, -0.1) is 5.10 Å². The molecule has 0 aliphatic carbocycles. The van der Waals surface area contributed by atoms with E-state index >= 15 is 0 Å². The number of aryl methyl sites for hydroxylation is 1. The van der Waals surface area contributed by atoms with E-state index < -0.39 is 0 Å². The Morgan fingerprint density at radius 2 is 1.60 bits per heavy atom. The maximum Gasteiger partial charge on any atom is 0.230 e. The maximum absolute atomic E-state index is 6.48. The fraction of sp³-hybridized carbons (Fsp3) is 0.156. The zero-order chi connectivity index (χ0) is 29.3. The van der Waals surface area contributed by atoms with E-state index in [-0.39, 0.29) is 12.5 Å². The molecule has 11 heteroatoms. The number of para-hydroxylation sites is 1. The summed E-state index contributed by atoms with van der Waals surface area (Å²) >= 11 is 0. The van der Waals surface area contributed by atoms with Gasteiger partial charge in [-0.3, -0.25) is 0 Å². The Labute approximate surface area is 246 Å². The van der Waals surface area contributed by atoms with Crippen LogP contribution in [0.15, 0.2) is 90.3 Å². The smallest absolute Gasteiger partial charge is 0.230 e. The van der Waals surface area contributed by atoms with Gasteiger partial charge in [0, 0.05) is 0 Å². The van der Waals surface area contributed by atoms with Crippen molar-refractivity contribution >= 4 is 11.9 Å². The molecule has 0 fully saturated rings. The summed E-state index contributed by atoms with van der Waals surface area (Å²) in [5.74, 6) is 2.78. The Balaban J connectivity index is 1.27. The van der Waals surface area contributed by atoms with E-state index in [0.29, 0.717) is 23.2 Å². The Morgan fingerprint density at radius 3 is 2.33 bits per heavy atom. The van der Waals surface area contributed by atoms with Crippen LogP contribution in [0.3, 0.4) is 0 Å². The van der Waals surface area contributed by atoms with E-state index in [2.05, 4.69) is 15.2 Å². The number of nitrogens with zero attached hydrogens (tertiary/aromatic N) is 7. The summed E-state index contributed by atoms with van der Waals surface area (Å²) in [6, 6.07) is 25.4. The van der Waals surface area contributed by atoms with Crippen molar-refractivity contribution in [1.82, 2.24) is 29.4 Å². The van der Waals surface area contributed by atoms with Crippen molar-refractivity contribution in [3.8, 4) is 28.9 Å². The normalized spacial score (nSPS) is 13.9. The minimum Gasteiger partial charge on any atom is -0.497 e. The Bertz CT molecular complexity index is 1930. The van der Waals surface area contributed by atoms with Crippen molar-refractivity contribution in [3.05, 3.63) is 119 Å². The highest BCUT2D eigenvalue weighted by Gasteiger charge is 2.38. The van der Waals surface area contributed by atoms with Crippen LogP contribution in [-0.2, 0) is 11.4 Å². The van der Waals surface area contributed by atoms with Gasteiger partial charge in [-0.05, 0) is 66.6 Å². The number of aromatic nitrogens is 6. The number of fused-ring (bicyclic) bond motifs is 4. The molecule has 1 atom stereocenters. The molecule has 0 saturated heterocycles. The average molecular weight is 574 g/mol. The lowest BCUT2D eigenvalue weighted by molar-refractivity contribution is 0.126. The van der Waals surface area contributed by atoms with E-state index in [4.69, 9.17) is 29.1 Å². The van der Waals surface area contributed by atoms with Crippen LogP contribution in [0.2, 0.25) is 0 Å². The first-order valence-corrected chi connectivity index (χ1v) is 13.6. The standard InChI is InChI=1S/C32H27N7O4/c1-20-27-28(22-11-15-25(41-3)16-12-22)29-30-35-26(18-42-34-17-21-9-13-24(40-2)14-10-21)37-38(30)19-33-31(29)43-32(27)39(36-20)23-7-5-4-6-8-23/h4-17,19,28H,18H2,1-3H3/b34-17-/t28-/m1/s1. The number of ether oxygens (including phenoxy) is 3. The molecule has 214 valence electrons. The monoisotopic (exact) mass is 573 g/mol. The van der Waals surface area contributed by atoms with Crippen LogP contribution in [0, 0.1) is 6.92 Å². The quantitative estimate of drug-likeness (QED) is 0.174. The predicted molar refractivity (Wildman–Crippen MR) is 158 cm³/mol. The first-order valence-electron chi connectivity index (χ1n) is 13.6. The summed E-state index contributed by atoms with van der Waals surface area (Å²) in [6.45, 7) is 2.06. The van der Waals surface area contributed by atoms with E-state index in [9.17, 15) is 0 Å². The first kappa shape index (κ1) is 26.2. The highest BCUT2D eigenvalue weighted by Crippen LogP contribution is 2.49. The molecule has 6 aromatic rings. The first-order chi connectivity index (χ1) is 21.1. The van der Waals surface area contributed by atoms with Crippen molar-refractivity contribution in [1.29, 1.82) is 0 Å². The molecule has 7 rings (SSSR count). The molecule has 0 unspecified atom stereocenters. The molecule has 0 bridgehead atoms. The van der Waals surface area contributed by atoms with Crippen molar-refractivity contribution in [2.24, 2.45) is 5.16 Å². The number of oxime groups is 1. The summed E-state index contributed by atoms with van der Waals surface area (Å²) in [6.07, 6.45) is 3.22. The van der Waals surface area contributed by atoms with Gasteiger partial charge in [0.15, 0.2) is 18.1 Å². The molecule has 3 aromatic heterocycles. The summed E-state index contributed by atoms with van der Waals surface area (Å²) < 4.78 is 20.6. The summed E-state index contributed by atoms with van der Waals surface area (Å²) in [5, 5.41) is 13.6. The molecule has 1 aliphatic rings. The van der Waals surface area contributed by atoms with E-state index in [1.165, 1.54) is 0 Å². The van der Waals surface area contributed by atoms with Crippen molar-refractivity contribution in [2.45, 2.75) is 19.4 Å². The molecule has 3 aromatic carbocycles. The van der Waals surface area contributed by atoms with Gasteiger partial charge in [0.05, 0.1) is 48.9 Å². The van der Waals surface area contributed by atoms with E-state index in [1.54, 1.807) is 31.3 Å². The van der Waals surface area contributed by atoms with Gasteiger partial charge >= 0.3 is 0 Å². The number of hydrogen-bond donors (Lipinski definition) is 0. The SMILES string of the molecule is COc1ccc(/C=N\OCc2nc3c4c(ncn3n2)Oc2c(c(C)nn2-c2ccccc2)[C@H]4c2ccc(OC)cc2)cc1. The molecule has 0 N–H and O–H groups in total. The van der Waals surface area contributed by atoms with Gasteiger partial charge in [0.1, 0.15) is 17.8 Å². The topological polar surface area (TPSA) is 110 Å². The van der Waals surface area contributed by atoms with Gasteiger partial charge < -0.3 is 19.0 Å². The third kappa shape index (κ3) is 4.80. The highest BCUT2D eigenvalue weighted by molar-refractivity contribution is 5.79. The number of hydrogen-bond acceptors (Lipinski definition) is 9.